The zero-order valence-corrected chi connectivity index (χ0v) is 15.8. The highest BCUT2D eigenvalue weighted by Gasteiger charge is 2.19. The molecule has 0 aliphatic carbocycles. The number of hydrogen-bond acceptors (Lipinski definition) is 5. The summed E-state index contributed by atoms with van der Waals surface area (Å²) in [6.45, 7) is 2.74. The molecule has 0 aliphatic heterocycles. The van der Waals surface area contributed by atoms with E-state index in [-0.39, 0.29) is 5.88 Å². The number of nitrogen functional groups attached to an aromatic ring is 1. The molecule has 0 fully saturated rings. The summed E-state index contributed by atoms with van der Waals surface area (Å²) in [4.78, 5) is 9.05. The highest BCUT2D eigenvalue weighted by molar-refractivity contribution is 6.30. The van der Waals surface area contributed by atoms with Crippen LogP contribution in [0, 0.1) is 0 Å². The van der Waals surface area contributed by atoms with Crippen LogP contribution in [-0.2, 0) is 6.54 Å². The number of nitrogens with two attached hydrogens (primary N) is 1. The zero-order valence-electron chi connectivity index (χ0n) is 15.0. The number of para-hydroxylation sites is 1. The Balaban J connectivity index is 2.07. The number of methoxy groups -OCH3 is 1. The second-order valence-corrected chi connectivity index (χ2v) is 6.78. The summed E-state index contributed by atoms with van der Waals surface area (Å²) in [5.41, 5.74) is 9.83. The van der Waals surface area contributed by atoms with Crippen LogP contribution < -0.4 is 10.5 Å². The number of hydrogen-bond donors (Lipinski definition) is 2. The molecule has 27 heavy (non-hydrogen) atoms. The lowest BCUT2D eigenvalue weighted by Crippen LogP contribution is -1.96. The average Bonchev–Trinajstić information content (AvgIpc) is 2.97. The molecule has 3 N–H and O–H groups in total. The molecule has 0 bridgehead atoms. The van der Waals surface area contributed by atoms with Crippen LogP contribution >= 0.6 is 11.6 Å². The number of halogens is 1. The average molecular weight is 383 g/mol. The number of aryl methyl sites for hydroxylation is 1. The minimum Gasteiger partial charge on any atom is -0.494 e. The third kappa shape index (κ3) is 2.73. The van der Waals surface area contributed by atoms with Crippen LogP contribution in [0.2, 0.25) is 5.02 Å². The maximum Gasteiger partial charge on any atom is 0.221 e. The van der Waals surface area contributed by atoms with E-state index in [0.717, 1.165) is 22.9 Å². The van der Waals surface area contributed by atoms with Gasteiger partial charge in [-0.05, 0) is 12.5 Å². The van der Waals surface area contributed by atoms with E-state index in [9.17, 15) is 5.11 Å². The monoisotopic (exact) mass is 382 g/mol. The SMILES string of the molecule is CCCn1cc2nc3c(-c4cc(Cl)cnc4OC)cccc3c(N)c2c1O. The summed E-state index contributed by atoms with van der Waals surface area (Å²) in [6.07, 6.45) is 4.26. The van der Waals surface area contributed by atoms with Crippen molar-refractivity contribution in [3.05, 3.63) is 41.7 Å². The van der Waals surface area contributed by atoms with Gasteiger partial charge in [-0.3, -0.25) is 0 Å². The molecule has 0 saturated heterocycles. The molecule has 3 heterocycles. The Morgan fingerprint density at radius 1 is 1.30 bits per heavy atom. The molecule has 0 radical (unpaired) electrons. The molecule has 7 heteroatoms. The topological polar surface area (TPSA) is 86.2 Å². The summed E-state index contributed by atoms with van der Waals surface area (Å²) >= 11 is 6.16. The number of aromatic nitrogens is 3. The van der Waals surface area contributed by atoms with Gasteiger partial charge in [0.25, 0.3) is 0 Å². The van der Waals surface area contributed by atoms with Crippen LogP contribution in [-0.4, -0.2) is 26.8 Å². The molecule has 0 unspecified atom stereocenters. The van der Waals surface area contributed by atoms with Crippen molar-refractivity contribution in [2.24, 2.45) is 0 Å². The molecule has 4 aromatic rings. The van der Waals surface area contributed by atoms with Crippen LogP contribution in [0.5, 0.6) is 11.8 Å². The van der Waals surface area contributed by atoms with Gasteiger partial charge in [0.05, 0.1) is 34.2 Å². The Labute approximate surface area is 161 Å². The lowest BCUT2D eigenvalue weighted by atomic mass is 10.0. The fourth-order valence-electron chi connectivity index (χ4n) is 3.42. The molecule has 0 atom stereocenters. The molecule has 0 amide bonds. The highest BCUT2D eigenvalue weighted by Crippen LogP contribution is 2.40. The van der Waals surface area contributed by atoms with E-state index in [1.165, 1.54) is 6.20 Å². The smallest absolute Gasteiger partial charge is 0.221 e. The van der Waals surface area contributed by atoms with Crippen molar-refractivity contribution in [1.29, 1.82) is 0 Å². The van der Waals surface area contributed by atoms with Crippen molar-refractivity contribution < 1.29 is 9.84 Å². The standard InChI is InChI=1S/C20H19ClN4O2/c1-3-7-25-10-15-16(20(25)26)17(22)13-6-4-5-12(18(13)24-15)14-8-11(21)9-23-19(14)27-2/h4-6,8-10,26H,3,7,22H2,1-2H3. The summed E-state index contributed by atoms with van der Waals surface area (Å²) in [6, 6.07) is 7.51. The quantitative estimate of drug-likeness (QED) is 0.538. The molecule has 4 rings (SSSR count). The van der Waals surface area contributed by atoms with Crippen LogP contribution in [0.15, 0.2) is 36.7 Å². The predicted molar refractivity (Wildman–Crippen MR) is 108 cm³/mol. The molecule has 0 aliphatic rings. The van der Waals surface area contributed by atoms with Crippen LogP contribution in [0.3, 0.4) is 0 Å². The van der Waals surface area contributed by atoms with Crippen molar-refractivity contribution >= 4 is 39.1 Å². The maximum atomic E-state index is 10.6. The second-order valence-electron chi connectivity index (χ2n) is 6.34. The zero-order chi connectivity index (χ0) is 19.1. The first-order chi connectivity index (χ1) is 13.0. The normalized spacial score (nSPS) is 11.4. The first-order valence-electron chi connectivity index (χ1n) is 8.65. The molecular weight excluding hydrogens is 364 g/mol. The van der Waals surface area contributed by atoms with Gasteiger partial charge in [-0.15, -0.1) is 0 Å². The van der Waals surface area contributed by atoms with Crippen molar-refractivity contribution in [2.45, 2.75) is 19.9 Å². The van der Waals surface area contributed by atoms with Crippen LogP contribution in [0.1, 0.15) is 13.3 Å². The number of pyridine rings is 2. The lowest BCUT2D eigenvalue weighted by molar-refractivity contribution is 0.400. The predicted octanol–water partition coefficient (Wildman–Crippen LogP) is 4.61. The van der Waals surface area contributed by atoms with Crippen molar-refractivity contribution in [2.75, 3.05) is 12.8 Å². The largest absolute Gasteiger partial charge is 0.494 e. The van der Waals surface area contributed by atoms with Gasteiger partial charge in [0.15, 0.2) is 0 Å². The van der Waals surface area contributed by atoms with E-state index in [0.29, 0.717) is 39.6 Å². The number of nitrogens with zero attached hydrogens (tertiary/aromatic N) is 3. The molecule has 138 valence electrons. The molecule has 0 spiro atoms. The minimum atomic E-state index is 0.145. The Bertz CT molecular complexity index is 1170. The minimum absolute atomic E-state index is 0.145. The fraction of sp³-hybridized carbons (Fsp3) is 0.200. The Hall–Kier alpha value is -2.99. The van der Waals surface area contributed by atoms with Crippen LogP contribution in [0.4, 0.5) is 5.69 Å². The number of fused-ring (bicyclic) bond motifs is 2. The Kier molecular flexibility index (Phi) is 4.28. The number of benzene rings is 1. The molecule has 6 nitrogen and oxygen atoms in total. The number of aromatic hydroxyl groups is 1. The summed E-state index contributed by atoms with van der Waals surface area (Å²) in [5, 5.41) is 12.4. The van der Waals surface area contributed by atoms with Gasteiger partial charge in [-0.25, -0.2) is 9.97 Å². The molecule has 1 aromatic carbocycles. The van der Waals surface area contributed by atoms with E-state index in [4.69, 9.17) is 27.1 Å². The summed E-state index contributed by atoms with van der Waals surface area (Å²) in [7, 11) is 1.56. The fourth-order valence-corrected chi connectivity index (χ4v) is 3.58. The summed E-state index contributed by atoms with van der Waals surface area (Å²) in [5.74, 6) is 0.602. The third-order valence-electron chi connectivity index (χ3n) is 4.62. The third-order valence-corrected chi connectivity index (χ3v) is 4.83. The van der Waals surface area contributed by atoms with Gasteiger partial charge in [0.1, 0.15) is 0 Å². The first kappa shape index (κ1) is 17.4. The second kappa shape index (κ2) is 6.63. The Morgan fingerprint density at radius 3 is 2.85 bits per heavy atom. The molecule has 3 aromatic heterocycles. The number of ether oxygens (including phenoxy) is 1. The van der Waals surface area contributed by atoms with Gasteiger partial charge in [-0.1, -0.05) is 36.7 Å². The first-order valence-corrected chi connectivity index (χ1v) is 9.02. The van der Waals surface area contributed by atoms with Crippen LogP contribution in [0.25, 0.3) is 32.9 Å². The highest BCUT2D eigenvalue weighted by atomic mass is 35.5. The van der Waals surface area contributed by atoms with Crippen molar-refractivity contribution in [1.82, 2.24) is 14.5 Å². The van der Waals surface area contributed by atoms with Crippen molar-refractivity contribution in [3.63, 3.8) is 0 Å². The van der Waals surface area contributed by atoms with E-state index in [2.05, 4.69) is 4.98 Å². The van der Waals surface area contributed by atoms with Gasteiger partial charge in [0.2, 0.25) is 11.8 Å². The van der Waals surface area contributed by atoms with Gasteiger partial charge in [-0.2, -0.15) is 0 Å². The number of anilines is 1. The maximum absolute atomic E-state index is 10.6. The molecular formula is C20H19ClN4O2. The molecule has 0 saturated carbocycles. The van der Waals surface area contributed by atoms with Gasteiger partial charge in [0, 0.05) is 35.5 Å². The van der Waals surface area contributed by atoms with E-state index in [1.807, 2.05) is 31.3 Å². The van der Waals surface area contributed by atoms with Crippen molar-refractivity contribution in [3.8, 4) is 22.9 Å². The lowest BCUT2D eigenvalue weighted by Gasteiger charge is -2.12. The van der Waals surface area contributed by atoms with E-state index in [1.54, 1.807) is 17.7 Å². The van der Waals surface area contributed by atoms with E-state index >= 15 is 0 Å². The number of rotatable bonds is 4. The summed E-state index contributed by atoms with van der Waals surface area (Å²) < 4.78 is 7.18. The van der Waals surface area contributed by atoms with Gasteiger partial charge >= 0.3 is 0 Å². The van der Waals surface area contributed by atoms with Gasteiger partial charge < -0.3 is 20.1 Å². The van der Waals surface area contributed by atoms with E-state index < -0.39 is 0 Å². The Morgan fingerprint density at radius 2 is 2.11 bits per heavy atom.